The van der Waals surface area contributed by atoms with Crippen LogP contribution in [0.25, 0.3) is 0 Å². The van der Waals surface area contributed by atoms with Crippen LogP contribution in [0.1, 0.15) is 49.9 Å². The van der Waals surface area contributed by atoms with Gasteiger partial charge in [-0.3, -0.25) is 0 Å². The van der Waals surface area contributed by atoms with Crippen LogP contribution >= 0.6 is 0 Å². The quantitative estimate of drug-likeness (QED) is 0.754. The molecule has 0 heterocycles. The first-order valence-electron chi connectivity index (χ1n) is 7.45. The third kappa shape index (κ3) is 5.44. The van der Waals surface area contributed by atoms with Crippen molar-refractivity contribution in [1.29, 1.82) is 0 Å². The summed E-state index contributed by atoms with van der Waals surface area (Å²) < 4.78 is 29.5. The lowest BCUT2D eigenvalue weighted by atomic mass is 9.84. The van der Waals surface area contributed by atoms with E-state index >= 15 is 0 Å². The van der Waals surface area contributed by atoms with Gasteiger partial charge in [-0.1, -0.05) is 32.9 Å². The Bertz CT molecular complexity index is 558. The summed E-state index contributed by atoms with van der Waals surface area (Å²) in [5, 5.41) is 0. The second-order valence-corrected chi connectivity index (χ2v) is 8.81. The third-order valence-electron chi connectivity index (χ3n) is 3.67. The summed E-state index contributed by atoms with van der Waals surface area (Å²) in [7, 11) is -3.13. The molecule has 120 valence electrons. The summed E-state index contributed by atoms with van der Waals surface area (Å²) in [5.74, 6) is 0.183. The summed E-state index contributed by atoms with van der Waals surface area (Å²) in [5.41, 5.74) is 4.36. The van der Waals surface area contributed by atoms with Crippen molar-refractivity contribution in [3.63, 3.8) is 0 Å². The van der Waals surface area contributed by atoms with Gasteiger partial charge < -0.3 is 4.74 Å². The lowest BCUT2D eigenvalue weighted by Crippen LogP contribution is -2.17. The molecule has 1 rings (SSSR count). The highest BCUT2D eigenvalue weighted by molar-refractivity contribution is 7.90. The van der Waals surface area contributed by atoms with E-state index in [1.54, 1.807) is 0 Å². The van der Waals surface area contributed by atoms with E-state index in [0.717, 1.165) is 16.7 Å². The number of hydrogen-bond acceptors (Lipinski definition) is 3. The van der Waals surface area contributed by atoms with Gasteiger partial charge >= 0.3 is 0 Å². The Kier molecular flexibility index (Phi) is 6.00. The van der Waals surface area contributed by atoms with Crippen LogP contribution in [0.2, 0.25) is 0 Å². The molecule has 0 amide bonds. The Morgan fingerprint density at radius 2 is 1.62 bits per heavy atom. The van der Waals surface area contributed by atoms with Crippen LogP contribution in [-0.4, -0.2) is 27.4 Å². The van der Waals surface area contributed by atoms with E-state index in [9.17, 15) is 8.42 Å². The summed E-state index contributed by atoms with van der Waals surface area (Å²) >= 11 is 0. The minimum Gasteiger partial charge on any atom is -0.381 e. The van der Waals surface area contributed by atoms with Crippen molar-refractivity contribution in [1.82, 2.24) is 0 Å². The van der Waals surface area contributed by atoms with E-state index in [1.807, 2.05) is 20.8 Å². The van der Waals surface area contributed by atoms with Crippen LogP contribution in [0.15, 0.2) is 12.1 Å². The molecule has 0 saturated carbocycles. The average Bonchev–Trinajstić information content (AvgIpc) is 2.32. The molecule has 0 bridgehead atoms. The first kappa shape index (κ1) is 18.2. The van der Waals surface area contributed by atoms with Gasteiger partial charge in [0.1, 0.15) is 0 Å². The molecule has 0 aromatic heterocycles. The summed E-state index contributed by atoms with van der Waals surface area (Å²) in [6.45, 7) is 13.2. The second-order valence-electron chi connectivity index (χ2n) is 6.63. The summed E-state index contributed by atoms with van der Waals surface area (Å²) in [4.78, 5) is 0. The van der Waals surface area contributed by atoms with Gasteiger partial charge in [0.05, 0.1) is 18.1 Å². The van der Waals surface area contributed by atoms with Gasteiger partial charge in [-0.05, 0) is 48.4 Å². The van der Waals surface area contributed by atoms with Gasteiger partial charge in [0.15, 0.2) is 9.84 Å². The first-order chi connectivity index (χ1) is 9.57. The fourth-order valence-electron chi connectivity index (χ4n) is 2.28. The number of rotatable bonds is 6. The highest BCUT2D eigenvalue weighted by Gasteiger charge is 2.19. The van der Waals surface area contributed by atoms with Crippen molar-refractivity contribution in [2.75, 3.05) is 19.0 Å². The molecule has 0 fully saturated rings. The van der Waals surface area contributed by atoms with Gasteiger partial charge in [-0.2, -0.15) is 0 Å². The molecule has 0 atom stereocenters. The SMILES string of the molecule is CCOCCS(=O)(=O)Cc1c(C)cc(C(C)(C)C)cc1C. The maximum Gasteiger partial charge on any atom is 0.156 e. The van der Waals surface area contributed by atoms with Gasteiger partial charge in [0, 0.05) is 6.61 Å². The molecule has 1 aromatic carbocycles. The van der Waals surface area contributed by atoms with Crippen molar-refractivity contribution in [3.05, 3.63) is 34.4 Å². The van der Waals surface area contributed by atoms with E-state index in [1.165, 1.54) is 5.56 Å². The van der Waals surface area contributed by atoms with Crippen LogP contribution in [0.5, 0.6) is 0 Å². The van der Waals surface area contributed by atoms with Crippen molar-refractivity contribution in [3.8, 4) is 0 Å². The predicted octanol–water partition coefficient (Wildman–Crippen LogP) is 3.55. The van der Waals surface area contributed by atoms with Gasteiger partial charge in [-0.25, -0.2) is 8.42 Å². The minimum atomic E-state index is -3.13. The van der Waals surface area contributed by atoms with E-state index in [4.69, 9.17) is 4.74 Å². The van der Waals surface area contributed by atoms with Gasteiger partial charge in [-0.15, -0.1) is 0 Å². The molecule has 0 spiro atoms. The van der Waals surface area contributed by atoms with E-state index in [2.05, 4.69) is 32.9 Å². The molecule has 4 heteroatoms. The average molecular weight is 312 g/mol. The number of hydrogen-bond donors (Lipinski definition) is 0. The monoisotopic (exact) mass is 312 g/mol. The molecule has 0 unspecified atom stereocenters. The van der Waals surface area contributed by atoms with Gasteiger partial charge in [0.2, 0.25) is 0 Å². The number of ether oxygens (including phenoxy) is 1. The van der Waals surface area contributed by atoms with Crippen LogP contribution < -0.4 is 0 Å². The largest absolute Gasteiger partial charge is 0.381 e. The predicted molar refractivity (Wildman–Crippen MR) is 88.6 cm³/mol. The Hall–Kier alpha value is -0.870. The number of aryl methyl sites for hydroxylation is 2. The zero-order valence-electron chi connectivity index (χ0n) is 14.1. The zero-order valence-corrected chi connectivity index (χ0v) is 14.9. The molecule has 0 aliphatic carbocycles. The highest BCUT2D eigenvalue weighted by atomic mass is 32.2. The maximum absolute atomic E-state index is 12.2. The van der Waals surface area contributed by atoms with Crippen LogP contribution in [-0.2, 0) is 25.7 Å². The fourth-order valence-corrected chi connectivity index (χ4v) is 3.69. The molecule has 1 aromatic rings. The second kappa shape index (κ2) is 6.93. The Morgan fingerprint density at radius 1 is 1.10 bits per heavy atom. The van der Waals surface area contributed by atoms with Gasteiger partial charge in [0.25, 0.3) is 0 Å². The third-order valence-corrected chi connectivity index (χ3v) is 5.19. The lowest BCUT2D eigenvalue weighted by molar-refractivity contribution is 0.163. The Balaban J connectivity index is 3.00. The molecule has 21 heavy (non-hydrogen) atoms. The highest BCUT2D eigenvalue weighted by Crippen LogP contribution is 2.27. The van der Waals surface area contributed by atoms with Crippen molar-refractivity contribution >= 4 is 9.84 Å². The number of sulfone groups is 1. The molecule has 0 aliphatic heterocycles. The molecule has 0 saturated heterocycles. The normalized spacial score (nSPS) is 12.7. The van der Waals surface area contributed by atoms with Crippen LogP contribution in [0.3, 0.4) is 0 Å². The lowest BCUT2D eigenvalue weighted by Gasteiger charge is -2.22. The number of benzene rings is 1. The standard InChI is InChI=1S/C17H28O3S/c1-7-20-8-9-21(18,19)12-16-13(2)10-15(11-14(16)3)17(4,5)6/h10-11H,7-9,12H2,1-6H3. The topological polar surface area (TPSA) is 43.4 Å². The van der Waals surface area contributed by atoms with E-state index in [-0.39, 0.29) is 23.5 Å². The first-order valence-corrected chi connectivity index (χ1v) is 9.27. The van der Waals surface area contributed by atoms with E-state index in [0.29, 0.717) is 6.61 Å². The maximum atomic E-state index is 12.2. The fraction of sp³-hybridized carbons (Fsp3) is 0.647. The zero-order chi connectivity index (χ0) is 16.3. The minimum absolute atomic E-state index is 0.0713. The molecule has 3 nitrogen and oxygen atoms in total. The molecular weight excluding hydrogens is 284 g/mol. The summed E-state index contributed by atoms with van der Waals surface area (Å²) in [6.07, 6.45) is 0. The van der Waals surface area contributed by atoms with Crippen LogP contribution in [0.4, 0.5) is 0 Å². The van der Waals surface area contributed by atoms with Crippen molar-refractivity contribution in [2.24, 2.45) is 0 Å². The van der Waals surface area contributed by atoms with Crippen LogP contribution in [0, 0.1) is 13.8 Å². The Morgan fingerprint density at radius 3 is 2.05 bits per heavy atom. The van der Waals surface area contributed by atoms with Crippen molar-refractivity contribution in [2.45, 2.75) is 52.7 Å². The molecule has 0 N–H and O–H groups in total. The van der Waals surface area contributed by atoms with Crippen molar-refractivity contribution < 1.29 is 13.2 Å². The molecular formula is C17H28O3S. The van der Waals surface area contributed by atoms with E-state index < -0.39 is 9.84 Å². The molecule has 0 aliphatic rings. The smallest absolute Gasteiger partial charge is 0.156 e. The summed E-state index contributed by atoms with van der Waals surface area (Å²) in [6, 6.07) is 4.22. The Labute approximate surface area is 129 Å². The molecule has 0 radical (unpaired) electrons.